The third-order valence-corrected chi connectivity index (χ3v) is 2.50. The highest BCUT2D eigenvalue weighted by atomic mass is 35.5. The van der Waals surface area contributed by atoms with Crippen LogP contribution in [0.25, 0.3) is 0 Å². The van der Waals surface area contributed by atoms with Gasteiger partial charge in [-0.2, -0.15) is 0 Å². The molecule has 76 valence electrons. The Morgan fingerprint density at radius 2 is 2.07 bits per heavy atom. The third kappa shape index (κ3) is 2.25. The average molecular weight is 221 g/mol. The molecule has 0 aliphatic rings. The number of hydrogen-bond acceptors (Lipinski definition) is 2. The van der Waals surface area contributed by atoms with E-state index in [0.29, 0.717) is 17.0 Å². The molecule has 0 saturated heterocycles. The highest BCUT2D eigenvalue weighted by Crippen LogP contribution is 2.16. The van der Waals surface area contributed by atoms with E-state index in [1.165, 1.54) is 6.33 Å². The summed E-state index contributed by atoms with van der Waals surface area (Å²) in [5, 5.41) is 0.667. The summed E-state index contributed by atoms with van der Waals surface area (Å²) in [5.74, 6) is 0. The van der Waals surface area contributed by atoms with E-state index in [4.69, 9.17) is 11.6 Å². The molecule has 1 aromatic heterocycles. The topological polar surface area (TPSA) is 45.8 Å². The number of H-pyrrole nitrogens is 1. The lowest BCUT2D eigenvalue weighted by Gasteiger charge is -2.02. The Hall–Kier alpha value is -1.61. The predicted octanol–water partition coefficient (Wildman–Crippen LogP) is 2.01. The first kappa shape index (κ1) is 9.93. The van der Waals surface area contributed by atoms with Crippen LogP contribution in [0.4, 0.5) is 0 Å². The molecule has 0 atom stereocenters. The van der Waals surface area contributed by atoms with E-state index in [1.807, 2.05) is 18.2 Å². The zero-order chi connectivity index (χ0) is 10.7. The van der Waals surface area contributed by atoms with Crippen LogP contribution in [0, 0.1) is 0 Å². The van der Waals surface area contributed by atoms with Gasteiger partial charge in [0.1, 0.15) is 0 Å². The van der Waals surface area contributed by atoms with Crippen molar-refractivity contribution in [1.29, 1.82) is 0 Å². The van der Waals surface area contributed by atoms with Gasteiger partial charge in [-0.25, -0.2) is 4.98 Å². The Morgan fingerprint density at radius 3 is 2.80 bits per heavy atom. The van der Waals surface area contributed by atoms with Crippen LogP contribution in [0.1, 0.15) is 11.1 Å². The Balaban J connectivity index is 2.34. The van der Waals surface area contributed by atoms with Gasteiger partial charge in [-0.15, -0.1) is 0 Å². The van der Waals surface area contributed by atoms with Gasteiger partial charge >= 0.3 is 0 Å². The van der Waals surface area contributed by atoms with Crippen molar-refractivity contribution in [3.63, 3.8) is 0 Å². The van der Waals surface area contributed by atoms with E-state index in [2.05, 4.69) is 9.97 Å². The summed E-state index contributed by atoms with van der Waals surface area (Å²) in [6.45, 7) is 0. The van der Waals surface area contributed by atoms with Crippen molar-refractivity contribution >= 4 is 11.6 Å². The lowest BCUT2D eigenvalue weighted by atomic mass is 10.1. The molecule has 0 radical (unpaired) electrons. The number of nitrogens with zero attached hydrogens (tertiary/aromatic N) is 1. The van der Waals surface area contributed by atoms with Crippen LogP contribution in [-0.4, -0.2) is 9.97 Å². The molecule has 0 fully saturated rings. The number of halogens is 1. The standard InChI is InChI=1S/C11H9ClN2O/c12-10-4-2-1-3-8(10)5-9-6-13-7-14-11(9)15/h1-4,6-7H,5H2,(H,13,14,15). The number of aromatic amines is 1. The van der Waals surface area contributed by atoms with Gasteiger partial charge in [0.15, 0.2) is 0 Å². The van der Waals surface area contributed by atoms with Crippen LogP contribution in [0.2, 0.25) is 5.02 Å². The third-order valence-electron chi connectivity index (χ3n) is 2.13. The van der Waals surface area contributed by atoms with Gasteiger partial charge in [-0.1, -0.05) is 29.8 Å². The summed E-state index contributed by atoms with van der Waals surface area (Å²) >= 11 is 5.99. The lowest BCUT2D eigenvalue weighted by Crippen LogP contribution is -2.12. The Bertz CT molecular complexity index is 522. The quantitative estimate of drug-likeness (QED) is 0.842. The number of nitrogens with one attached hydrogen (secondary N) is 1. The molecule has 4 heteroatoms. The van der Waals surface area contributed by atoms with E-state index >= 15 is 0 Å². The van der Waals surface area contributed by atoms with Gasteiger partial charge in [-0.3, -0.25) is 4.79 Å². The normalized spacial score (nSPS) is 10.2. The minimum Gasteiger partial charge on any atom is -0.313 e. The summed E-state index contributed by atoms with van der Waals surface area (Å²) in [6, 6.07) is 7.46. The maximum absolute atomic E-state index is 11.4. The zero-order valence-corrected chi connectivity index (χ0v) is 8.66. The summed E-state index contributed by atoms with van der Waals surface area (Å²) < 4.78 is 0. The molecule has 0 amide bonds. The first-order valence-corrected chi connectivity index (χ1v) is 4.90. The molecule has 3 nitrogen and oxygen atoms in total. The van der Waals surface area contributed by atoms with Crippen LogP contribution >= 0.6 is 11.6 Å². The van der Waals surface area contributed by atoms with Crippen molar-refractivity contribution in [2.24, 2.45) is 0 Å². The van der Waals surface area contributed by atoms with Crippen molar-refractivity contribution < 1.29 is 0 Å². The summed E-state index contributed by atoms with van der Waals surface area (Å²) in [7, 11) is 0. The molecule has 1 aromatic carbocycles. The smallest absolute Gasteiger partial charge is 0.254 e. The molecule has 1 N–H and O–H groups in total. The van der Waals surface area contributed by atoms with Crippen molar-refractivity contribution in [2.45, 2.75) is 6.42 Å². The second-order valence-corrected chi connectivity index (χ2v) is 3.58. The van der Waals surface area contributed by atoms with Crippen molar-refractivity contribution in [1.82, 2.24) is 9.97 Å². The molecule has 15 heavy (non-hydrogen) atoms. The molecule has 2 rings (SSSR count). The van der Waals surface area contributed by atoms with Crippen LogP contribution in [0.3, 0.4) is 0 Å². The van der Waals surface area contributed by atoms with Gasteiger partial charge in [0.2, 0.25) is 0 Å². The number of benzene rings is 1. The molecule has 0 bridgehead atoms. The van der Waals surface area contributed by atoms with Crippen LogP contribution in [-0.2, 0) is 6.42 Å². The van der Waals surface area contributed by atoms with Crippen LogP contribution < -0.4 is 5.56 Å². The van der Waals surface area contributed by atoms with Gasteiger partial charge in [-0.05, 0) is 11.6 Å². The minimum absolute atomic E-state index is 0.120. The second kappa shape index (κ2) is 4.28. The van der Waals surface area contributed by atoms with E-state index in [9.17, 15) is 4.79 Å². The molecule has 2 aromatic rings. The minimum atomic E-state index is -0.120. The lowest BCUT2D eigenvalue weighted by molar-refractivity contribution is 1.03. The van der Waals surface area contributed by atoms with Gasteiger partial charge in [0, 0.05) is 23.2 Å². The largest absolute Gasteiger partial charge is 0.313 e. The van der Waals surface area contributed by atoms with Crippen molar-refractivity contribution in [3.8, 4) is 0 Å². The molecule has 0 saturated carbocycles. The zero-order valence-electron chi connectivity index (χ0n) is 7.90. The average Bonchev–Trinajstić information content (AvgIpc) is 2.24. The van der Waals surface area contributed by atoms with E-state index < -0.39 is 0 Å². The molecule has 0 spiro atoms. The summed E-state index contributed by atoms with van der Waals surface area (Å²) in [4.78, 5) is 17.8. The van der Waals surface area contributed by atoms with E-state index in [0.717, 1.165) is 5.56 Å². The fourth-order valence-corrected chi connectivity index (χ4v) is 1.55. The van der Waals surface area contributed by atoms with Crippen LogP contribution in [0.5, 0.6) is 0 Å². The van der Waals surface area contributed by atoms with Gasteiger partial charge in [0.05, 0.1) is 6.33 Å². The molecule has 0 unspecified atom stereocenters. The van der Waals surface area contributed by atoms with E-state index in [1.54, 1.807) is 12.3 Å². The number of aromatic nitrogens is 2. The molecular formula is C11H9ClN2O. The van der Waals surface area contributed by atoms with Gasteiger partial charge < -0.3 is 4.98 Å². The summed E-state index contributed by atoms with van der Waals surface area (Å²) in [5.41, 5.74) is 1.42. The van der Waals surface area contributed by atoms with Crippen molar-refractivity contribution in [3.05, 3.63) is 63.3 Å². The molecule has 0 aliphatic heterocycles. The SMILES string of the molecule is O=c1[nH]cncc1Cc1ccccc1Cl. The monoisotopic (exact) mass is 220 g/mol. The Morgan fingerprint density at radius 1 is 1.27 bits per heavy atom. The van der Waals surface area contributed by atoms with Crippen LogP contribution in [0.15, 0.2) is 41.6 Å². The molecular weight excluding hydrogens is 212 g/mol. The highest BCUT2D eigenvalue weighted by Gasteiger charge is 2.03. The highest BCUT2D eigenvalue weighted by molar-refractivity contribution is 6.31. The fraction of sp³-hybridized carbons (Fsp3) is 0.0909. The Kier molecular flexibility index (Phi) is 2.83. The second-order valence-electron chi connectivity index (χ2n) is 3.17. The fourth-order valence-electron chi connectivity index (χ4n) is 1.35. The molecule has 0 aliphatic carbocycles. The van der Waals surface area contributed by atoms with Gasteiger partial charge in [0.25, 0.3) is 5.56 Å². The molecule has 1 heterocycles. The maximum atomic E-state index is 11.4. The predicted molar refractivity (Wildman–Crippen MR) is 59.1 cm³/mol. The number of hydrogen-bond donors (Lipinski definition) is 1. The first-order chi connectivity index (χ1) is 7.27. The first-order valence-electron chi connectivity index (χ1n) is 4.52. The number of rotatable bonds is 2. The van der Waals surface area contributed by atoms with E-state index in [-0.39, 0.29) is 5.56 Å². The Labute approximate surface area is 91.8 Å². The maximum Gasteiger partial charge on any atom is 0.254 e. The summed E-state index contributed by atoms with van der Waals surface area (Å²) in [6.07, 6.45) is 3.43. The van der Waals surface area contributed by atoms with Crippen molar-refractivity contribution in [2.75, 3.05) is 0 Å².